The van der Waals surface area contributed by atoms with E-state index < -0.39 is 5.60 Å². The number of nitriles is 1. The fourth-order valence-corrected chi connectivity index (χ4v) is 4.42. The van der Waals surface area contributed by atoms with Gasteiger partial charge in [0.2, 0.25) is 0 Å². The summed E-state index contributed by atoms with van der Waals surface area (Å²) >= 11 is 12.0. The number of β-amino-alcohol motifs (C(OH)–C–C–N with tert-alkyl or cyclic N) is 1. The zero-order valence-electron chi connectivity index (χ0n) is 24.3. The van der Waals surface area contributed by atoms with Gasteiger partial charge in [-0.25, -0.2) is 0 Å². The molecular formula is C32H43Cl2N3O3. The van der Waals surface area contributed by atoms with Crippen LogP contribution in [-0.2, 0) is 5.60 Å². The van der Waals surface area contributed by atoms with Gasteiger partial charge in [0, 0.05) is 43.8 Å². The maximum absolute atomic E-state index is 10.9. The van der Waals surface area contributed by atoms with Gasteiger partial charge >= 0.3 is 0 Å². The Morgan fingerprint density at radius 2 is 1.50 bits per heavy atom. The Balaban J connectivity index is 0.000000617. The Hall–Kier alpha value is -2.79. The van der Waals surface area contributed by atoms with E-state index in [0.29, 0.717) is 22.9 Å². The molecule has 0 saturated carbocycles. The van der Waals surface area contributed by atoms with Gasteiger partial charge in [-0.2, -0.15) is 5.26 Å². The van der Waals surface area contributed by atoms with Crippen molar-refractivity contribution in [3.05, 3.63) is 94.0 Å². The number of piperazine rings is 1. The Bertz CT molecular complexity index is 1130. The minimum absolute atomic E-state index is 0.0342. The van der Waals surface area contributed by atoms with Crippen LogP contribution in [-0.4, -0.2) is 61.1 Å². The van der Waals surface area contributed by atoms with Crippen LogP contribution in [0.25, 0.3) is 0 Å². The zero-order chi connectivity index (χ0) is 30.0. The fourth-order valence-electron chi connectivity index (χ4n) is 3.99. The number of hydrogen-bond acceptors (Lipinski definition) is 6. The van der Waals surface area contributed by atoms with Crippen molar-refractivity contribution < 1.29 is 14.9 Å². The third-order valence-corrected chi connectivity index (χ3v) is 6.45. The van der Waals surface area contributed by atoms with E-state index in [4.69, 9.17) is 38.3 Å². The van der Waals surface area contributed by atoms with Gasteiger partial charge in [0.05, 0.1) is 34.6 Å². The van der Waals surface area contributed by atoms with E-state index in [1.54, 1.807) is 18.2 Å². The van der Waals surface area contributed by atoms with Crippen molar-refractivity contribution in [3.63, 3.8) is 0 Å². The first kappa shape index (κ1) is 35.2. The van der Waals surface area contributed by atoms with Crippen molar-refractivity contribution >= 4 is 28.9 Å². The van der Waals surface area contributed by atoms with Crippen LogP contribution in [0.3, 0.4) is 0 Å². The summed E-state index contributed by atoms with van der Waals surface area (Å²) in [4.78, 5) is 4.46. The monoisotopic (exact) mass is 587 g/mol. The Kier molecular flexibility index (Phi) is 17.0. The summed E-state index contributed by atoms with van der Waals surface area (Å²) < 4.78 is 5.40. The number of benzene rings is 3. The molecule has 6 nitrogen and oxygen atoms in total. The van der Waals surface area contributed by atoms with Gasteiger partial charge in [-0.05, 0) is 48.9 Å². The van der Waals surface area contributed by atoms with Crippen molar-refractivity contribution in [3.8, 4) is 11.8 Å². The Morgan fingerprint density at radius 3 is 1.98 bits per heavy atom. The normalized spacial score (nSPS) is 14.1. The van der Waals surface area contributed by atoms with Gasteiger partial charge in [-0.15, -0.1) is 0 Å². The number of ether oxygens (including phenoxy) is 1. The molecule has 1 heterocycles. The van der Waals surface area contributed by atoms with E-state index in [1.165, 1.54) is 0 Å². The molecule has 40 heavy (non-hydrogen) atoms. The maximum atomic E-state index is 10.9. The second-order valence-electron chi connectivity index (χ2n) is 8.71. The number of rotatable bonds is 7. The van der Waals surface area contributed by atoms with E-state index in [2.05, 4.69) is 15.9 Å². The third kappa shape index (κ3) is 11.8. The predicted molar refractivity (Wildman–Crippen MR) is 168 cm³/mol. The van der Waals surface area contributed by atoms with E-state index in [1.807, 2.05) is 89.2 Å². The average molecular weight is 589 g/mol. The van der Waals surface area contributed by atoms with Gasteiger partial charge < -0.3 is 19.8 Å². The topological polar surface area (TPSA) is 80.0 Å². The van der Waals surface area contributed by atoms with E-state index in [9.17, 15) is 5.11 Å². The minimum atomic E-state index is -0.987. The molecule has 1 atom stereocenters. The molecule has 0 radical (unpaired) electrons. The van der Waals surface area contributed by atoms with Gasteiger partial charge in [0.15, 0.2) is 0 Å². The largest absolute Gasteiger partial charge is 0.491 e. The number of aliphatic hydroxyl groups is 2. The lowest BCUT2D eigenvalue weighted by Crippen LogP contribution is -2.50. The molecule has 2 N–H and O–H groups in total. The molecule has 3 aromatic rings. The van der Waals surface area contributed by atoms with Crippen molar-refractivity contribution in [1.29, 1.82) is 5.26 Å². The van der Waals surface area contributed by atoms with E-state index in [0.717, 1.165) is 42.5 Å². The molecule has 1 fully saturated rings. The Morgan fingerprint density at radius 1 is 0.900 bits per heavy atom. The van der Waals surface area contributed by atoms with E-state index >= 15 is 0 Å². The van der Waals surface area contributed by atoms with Gasteiger partial charge in [-0.3, -0.25) is 4.90 Å². The molecule has 0 spiro atoms. The highest BCUT2D eigenvalue weighted by atomic mass is 35.5. The van der Waals surface area contributed by atoms with Crippen LogP contribution < -0.4 is 9.64 Å². The summed E-state index contributed by atoms with van der Waals surface area (Å²) in [5, 5.41) is 30.1. The molecule has 3 aromatic carbocycles. The average Bonchev–Trinajstić information content (AvgIpc) is 2.99. The zero-order valence-corrected chi connectivity index (χ0v) is 25.8. The second kappa shape index (κ2) is 19.3. The van der Waals surface area contributed by atoms with Crippen molar-refractivity contribution in [1.82, 2.24) is 4.90 Å². The fraction of sp³-hybridized carbons (Fsp3) is 0.406. The number of anilines is 1. The quantitative estimate of drug-likeness (QED) is 0.309. The number of aliphatic hydroxyl groups excluding tert-OH is 1. The standard InChI is InChI=1S/C22H26ClN3O3.C6H5Cl.2C2H6/c1-22(28,18-4-2-17(15-24)3-5-18)16-25-8-10-26(11-9-25)21-7-6-19(14-20(21)23)29-13-12-27;7-6-4-2-1-3-5-6;2*1-2/h2-7,14,27-28H,8-13,16H2,1H3;1-5H;2*1-2H3/t22-;;;/m1.../s1. The molecular weight excluding hydrogens is 545 g/mol. The van der Waals surface area contributed by atoms with Crippen LogP contribution in [0, 0.1) is 11.3 Å². The third-order valence-electron chi connectivity index (χ3n) is 5.89. The number of halogens is 2. The summed E-state index contributed by atoms with van der Waals surface area (Å²) in [6, 6.07) is 24.2. The number of hydrogen-bond donors (Lipinski definition) is 2. The highest BCUT2D eigenvalue weighted by molar-refractivity contribution is 6.33. The maximum Gasteiger partial charge on any atom is 0.121 e. The molecule has 0 aromatic heterocycles. The molecule has 1 saturated heterocycles. The number of nitrogens with zero attached hydrogens (tertiary/aromatic N) is 3. The Labute approximate surface area is 250 Å². The first-order chi connectivity index (χ1) is 19.3. The van der Waals surface area contributed by atoms with Gasteiger partial charge in [0.1, 0.15) is 12.4 Å². The van der Waals surface area contributed by atoms with Crippen LogP contribution in [0.1, 0.15) is 45.7 Å². The molecule has 1 aliphatic rings. The first-order valence-electron chi connectivity index (χ1n) is 13.8. The van der Waals surface area contributed by atoms with E-state index in [-0.39, 0.29) is 13.2 Å². The lowest BCUT2D eigenvalue weighted by atomic mass is 9.94. The molecule has 218 valence electrons. The molecule has 0 aliphatic carbocycles. The summed E-state index contributed by atoms with van der Waals surface area (Å²) in [5.41, 5.74) is 1.37. The van der Waals surface area contributed by atoms with Crippen LogP contribution in [0.15, 0.2) is 72.8 Å². The summed E-state index contributed by atoms with van der Waals surface area (Å²) in [5.74, 6) is 0.643. The minimum Gasteiger partial charge on any atom is -0.491 e. The highest BCUT2D eigenvalue weighted by Gasteiger charge is 2.28. The SMILES string of the molecule is CC.CC.C[C@@](O)(CN1CCN(c2ccc(OCCO)cc2Cl)CC1)c1ccc(C#N)cc1.Clc1ccccc1. The lowest BCUT2D eigenvalue weighted by Gasteiger charge is -2.39. The van der Waals surface area contributed by atoms with Crippen molar-refractivity contribution in [2.75, 3.05) is 50.8 Å². The first-order valence-corrected chi connectivity index (χ1v) is 14.5. The van der Waals surface area contributed by atoms with Crippen LogP contribution in [0.4, 0.5) is 5.69 Å². The molecule has 8 heteroatoms. The summed E-state index contributed by atoms with van der Waals surface area (Å²) in [6.07, 6.45) is 0. The smallest absolute Gasteiger partial charge is 0.121 e. The van der Waals surface area contributed by atoms with Crippen LogP contribution in [0.2, 0.25) is 10.0 Å². The summed E-state index contributed by atoms with van der Waals surface area (Å²) in [7, 11) is 0. The predicted octanol–water partition coefficient (Wildman–Crippen LogP) is 7.00. The molecule has 0 bridgehead atoms. The second-order valence-corrected chi connectivity index (χ2v) is 9.55. The molecule has 4 rings (SSSR count). The molecule has 1 aliphatic heterocycles. The molecule has 0 unspecified atom stereocenters. The van der Waals surface area contributed by atoms with Crippen molar-refractivity contribution in [2.24, 2.45) is 0 Å². The van der Waals surface area contributed by atoms with Crippen molar-refractivity contribution in [2.45, 2.75) is 40.2 Å². The van der Waals surface area contributed by atoms with Gasteiger partial charge in [-0.1, -0.05) is 81.2 Å². The summed E-state index contributed by atoms with van der Waals surface area (Å²) in [6.45, 7) is 13.8. The lowest BCUT2D eigenvalue weighted by molar-refractivity contribution is 0.0143. The highest BCUT2D eigenvalue weighted by Crippen LogP contribution is 2.31. The molecule has 0 amide bonds. The van der Waals surface area contributed by atoms with Crippen LogP contribution in [0.5, 0.6) is 5.75 Å². The van der Waals surface area contributed by atoms with Gasteiger partial charge in [0.25, 0.3) is 0 Å². The van der Waals surface area contributed by atoms with Crippen LogP contribution >= 0.6 is 23.2 Å².